The van der Waals surface area contributed by atoms with Crippen molar-refractivity contribution in [2.75, 3.05) is 5.32 Å². The van der Waals surface area contributed by atoms with Gasteiger partial charge in [0.15, 0.2) is 0 Å². The molecule has 0 atom stereocenters. The van der Waals surface area contributed by atoms with E-state index >= 15 is 0 Å². The lowest BCUT2D eigenvalue weighted by Crippen LogP contribution is -2.08. The van der Waals surface area contributed by atoms with E-state index in [2.05, 4.69) is 21.8 Å². The van der Waals surface area contributed by atoms with Crippen molar-refractivity contribution in [2.24, 2.45) is 0 Å². The van der Waals surface area contributed by atoms with Crippen LogP contribution in [0.3, 0.4) is 0 Å². The van der Waals surface area contributed by atoms with Crippen molar-refractivity contribution in [3.05, 3.63) is 52.1 Å². The molecule has 20 heavy (non-hydrogen) atoms. The molecule has 0 aliphatic rings. The third kappa shape index (κ3) is 2.96. The van der Waals surface area contributed by atoms with E-state index in [0.29, 0.717) is 12.1 Å². The van der Waals surface area contributed by atoms with Gasteiger partial charge in [-0.1, -0.05) is 13.0 Å². The van der Waals surface area contributed by atoms with Gasteiger partial charge in [0.25, 0.3) is 5.69 Å². The fraction of sp³-hybridized carbons (Fsp3) is 0.357. The third-order valence-electron chi connectivity index (χ3n) is 3.22. The fourth-order valence-corrected chi connectivity index (χ4v) is 2.14. The molecule has 0 fully saturated rings. The first-order valence-corrected chi connectivity index (χ1v) is 6.60. The van der Waals surface area contributed by atoms with E-state index in [9.17, 15) is 10.1 Å². The van der Waals surface area contributed by atoms with Crippen LogP contribution in [-0.4, -0.2) is 14.5 Å². The summed E-state index contributed by atoms with van der Waals surface area (Å²) < 4.78 is 2.08. The Labute approximate surface area is 117 Å². The van der Waals surface area contributed by atoms with Crippen LogP contribution in [0.2, 0.25) is 0 Å². The molecule has 0 saturated carbocycles. The van der Waals surface area contributed by atoms with E-state index in [-0.39, 0.29) is 10.6 Å². The molecule has 0 bridgehead atoms. The number of aryl methyl sites for hydroxylation is 1. The Bertz CT molecular complexity index is 607. The second kappa shape index (κ2) is 6.18. The van der Waals surface area contributed by atoms with Crippen molar-refractivity contribution < 1.29 is 4.92 Å². The first-order chi connectivity index (χ1) is 9.63. The molecule has 0 aliphatic heterocycles. The number of hydrogen-bond acceptors (Lipinski definition) is 4. The van der Waals surface area contributed by atoms with Gasteiger partial charge in [-0.05, 0) is 19.4 Å². The lowest BCUT2D eigenvalue weighted by molar-refractivity contribution is -0.385. The zero-order valence-electron chi connectivity index (χ0n) is 11.7. The summed E-state index contributed by atoms with van der Waals surface area (Å²) in [5.41, 5.74) is 2.64. The molecule has 1 aromatic carbocycles. The maximum Gasteiger partial charge on any atom is 0.274 e. The number of imidazole rings is 1. The molecule has 0 spiro atoms. The zero-order valence-corrected chi connectivity index (χ0v) is 11.7. The molecule has 6 nitrogen and oxygen atoms in total. The standard InChI is InChI=1S/C14H18N4O2/c1-3-7-17-10-15-8-12(17)9-16-13-5-4-6-14(11(13)2)18(19)20/h4-6,8,10,16H,3,7,9H2,1-2H3. The molecule has 2 rings (SSSR count). The molecule has 6 heteroatoms. The molecule has 1 aromatic heterocycles. The van der Waals surface area contributed by atoms with Crippen LogP contribution in [0.15, 0.2) is 30.7 Å². The van der Waals surface area contributed by atoms with Crippen LogP contribution in [0.5, 0.6) is 0 Å². The highest BCUT2D eigenvalue weighted by molar-refractivity contribution is 5.59. The SMILES string of the molecule is CCCn1cncc1CNc1cccc([N+](=O)[O-])c1C. The first kappa shape index (κ1) is 14.0. The van der Waals surface area contributed by atoms with E-state index in [1.807, 2.05) is 12.3 Å². The minimum absolute atomic E-state index is 0.136. The number of anilines is 1. The molecule has 0 aliphatic carbocycles. The number of hydrogen-bond donors (Lipinski definition) is 1. The number of benzene rings is 1. The van der Waals surface area contributed by atoms with Gasteiger partial charge in [-0.3, -0.25) is 10.1 Å². The largest absolute Gasteiger partial charge is 0.379 e. The molecule has 0 radical (unpaired) electrons. The number of nitrogens with zero attached hydrogens (tertiary/aromatic N) is 3. The van der Waals surface area contributed by atoms with Gasteiger partial charge in [0.2, 0.25) is 0 Å². The van der Waals surface area contributed by atoms with Gasteiger partial charge in [-0.15, -0.1) is 0 Å². The summed E-state index contributed by atoms with van der Waals surface area (Å²) in [6, 6.07) is 5.06. The summed E-state index contributed by atoms with van der Waals surface area (Å²) >= 11 is 0. The van der Waals surface area contributed by atoms with Crippen LogP contribution < -0.4 is 5.32 Å². The van der Waals surface area contributed by atoms with Crippen molar-refractivity contribution >= 4 is 11.4 Å². The molecule has 1 N–H and O–H groups in total. The average Bonchev–Trinajstić information content (AvgIpc) is 2.85. The number of nitrogens with one attached hydrogen (secondary N) is 1. The highest BCUT2D eigenvalue weighted by Crippen LogP contribution is 2.25. The van der Waals surface area contributed by atoms with Crippen LogP contribution in [0, 0.1) is 17.0 Å². The van der Waals surface area contributed by atoms with Crippen molar-refractivity contribution in [2.45, 2.75) is 33.4 Å². The summed E-state index contributed by atoms with van der Waals surface area (Å²) in [6.45, 7) is 5.39. The summed E-state index contributed by atoms with van der Waals surface area (Å²) in [7, 11) is 0. The summed E-state index contributed by atoms with van der Waals surface area (Å²) in [6.07, 6.45) is 4.66. The Morgan fingerprint density at radius 1 is 1.45 bits per heavy atom. The van der Waals surface area contributed by atoms with Gasteiger partial charge in [-0.2, -0.15) is 0 Å². The topological polar surface area (TPSA) is 73.0 Å². The summed E-state index contributed by atoms with van der Waals surface area (Å²) in [5.74, 6) is 0. The Morgan fingerprint density at radius 3 is 2.95 bits per heavy atom. The van der Waals surface area contributed by atoms with E-state index in [1.54, 1.807) is 19.3 Å². The number of rotatable bonds is 6. The Morgan fingerprint density at radius 2 is 2.25 bits per heavy atom. The maximum atomic E-state index is 10.9. The van der Waals surface area contributed by atoms with Gasteiger partial charge >= 0.3 is 0 Å². The lowest BCUT2D eigenvalue weighted by Gasteiger charge is -2.11. The van der Waals surface area contributed by atoms with Crippen molar-refractivity contribution in [3.63, 3.8) is 0 Å². The van der Waals surface area contributed by atoms with E-state index in [1.165, 1.54) is 6.07 Å². The van der Waals surface area contributed by atoms with E-state index in [4.69, 9.17) is 0 Å². The molecule has 106 valence electrons. The van der Waals surface area contributed by atoms with Crippen molar-refractivity contribution in [1.82, 2.24) is 9.55 Å². The predicted octanol–water partition coefficient (Wildman–Crippen LogP) is 3.12. The van der Waals surface area contributed by atoms with Gasteiger partial charge in [0.05, 0.1) is 23.5 Å². The molecule has 1 heterocycles. The fourth-order valence-electron chi connectivity index (χ4n) is 2.14. The van der Waals surface area contributed by atoms with Gasteiger partial charge < -0.3 is 9.88 Å². The van der Waals surface area contributed by atoms with Gasteiger partial charge in [-0.25, -0.2) is 4.98 Å². The van der Waals surface area contributed by atoms with Gasteiger partial charge in [0.1, 0.15) is 0 Å². The molecular formula is C14H18N4O2. The normalized spacial score (nSPS) is 10.5. The van der Waals surface area contributed by atoms with Crippen LogP contribution in [-0.2, 0) is 13.1 Å². The predicted molar refractivity (Wildman–Crippen MR) is 77.7 cm³/mol. The quantitative estimate of drug-likeness (QED) is 0.648. The highest BCUT2D eigenvalue weighted by atomic mass is 16.6. The van der Waals surface area contributed by atoms with Crippen LogP contribution in [0.4, 0.5) is 11.4 Å². The maximum absolute atomic E-state index is 10.9. The van der Waals surface area contributed by atoms with E-state index < -0.39 is 0 Å². The van der Waals surface area contributed by atoms with Crippen molar-refractivity contribution in [3.8, 4) is 0 Å². The average molecular weight is 274 g/mol. The second-order valence-electron chi connectivity index (χ2n) is 4.64. The summed E-state index contributed by atoms with van der Waals surface area (Å²) in [4.78, 5) is 14.7. The Balaban J connectivity index is 2.13. The molecule has 2 aromatic rings. The zero-order chi connectivity index (χ0) is 14.5. The monoisotopic (exact) mass is 274 g/mol. The number of nitro benzene ring substituents is 1. The number of aromatic nitrogens is 2. The Kier molecular flexibility index (Phi) is 4.34. The minimum Gasteiger partial charge on any atom is -0.379 e. The molecule has 0 saturated heterocycles. The third-order valence-corrected chi connectivity index (χ3v) is 3.22. The van der Waals surface area contributed by atoms with Crippen molar-refractivity contribution in [1.29, 1.82) is 0 Å². The molecule has 0 amide bonds. The lowest BCUT2D eigenvalue weighted by atomic mass is 10.1. The number of nitro groups is 1. The smallest absolute Gasteiger partial charge is 0.274 e. The van der Waals surface area contributed by atoms with Crippen LogP contribution in [0.25, 0.3) is 0 Å². The highest BCUT2D eigenvalue weighted by Gasteiger charge is 2.13. The van der Waals surface area contributed by atoms with Crippen LogP contribution in [0.1, 0.15) is 24.6 Å². The molecular weight excluding hydrogens is 256 g/mol. The molecule has 0 unspecified atom stereocenters. The Hall–Kier alpha value is -2.37. The van der Waals surface area contributed by atoms with Gasteiger partial charge in [0, 0.05) is 30.1 Å². The minimum atomic E-state index is -0.359. The first-order valence-electron chi connectivity index (χ1n) is 6.60. The second-order valence-corrected chi connectivity index (χ2v) is 4.64. The summed E-state index contributed by atoms with van der Waals surface area (Å²) in [5, 5.41) is 14.2. The van der Waals surface area contributed by atoms with Crippen LogP contribution >= 0.6 is 0 Å². The van der Waals surface area contributed by atoms with E-state index in [0.717, 1.165) is 24.3 Å².